The summed E-state index contributed by atoms with van der Waals surface area (Å²) < 4.78 is 27.0. The Bertz CT molecular complexity index is 396. The predicted molar refractivity (Wildman–Crippen MR) is 67.3 cm³/mol. The van der Waals surface area contributed by atoms with Crippen molar-refractivity contribution in [1.82, 2.24) is 4.98 Å². The molecular formula is C13H16BrF2N. The second-order valence-electron chi connectivity index (χ2n) is 4.93. The summed E-state index contributed by atoms with van der Waals surface area (Å²) in [7, 11) is 0. The molecule has 0 aliphatic heterocycles. The summed E-state index contributed by atoms with van der Waals surface area (Å²) in [6.07, 6.45) is 3.92. The highest BCUT2D eigenvalue weighted by Crippen LogP contribution is 2.37. The molecule has 0 amide bonds. The molecule has 0 aromatic carbocycles. The number of halogens is 3. The second kappa shape index (κ2) is 5.01. The van der Waals surface area contributed by atoms with E-state index in [1.165, 1.54) is 0 Å². The maximum absolute atomic E-state index is 13.0. The summed E-state index contributed by atoms with van der Waals surface area (Å²) >= 11 is 3.41. The molecule has 1 fully saturated rings. The van der Waals surface area contributed by atoms with Gasteiger partial charge in [0.05, 0.1) is 0 Å². The summed E-state index contributed by atoms with van der Waals surface area (Å²) in [6.45, 7) is 2.02. The van der Waals surface area contributed by atoms with Crippen LogP contribution in [0.15, 0.2) is 16.7 Å². The zero-order chi connectivity index (χ0) is 12.5. The lowest BCUT2D eigenvalue weighted by Crippen LogP contribution is -2.25. The van der Waals surface area contributed by atoms with Crippen LogP contribution < -0.4 is 0 Å². The molecule has 0 spiro atoms. The lowest BCUT2D eigenvalue weighted by molar-refractivity contribution is -0.0457. The van der Waals surface area contributed by atoms with Crippen molar-refractivity contribution >= 4 is 15.9 Å². The van der Waals surface area contributed by atoms with Gasteiger partial charge in [-0.15, -0.1) is 0 Å². The standard InChI is InChI=1S/C13H16BrF2N/c1-9-6-11(17-8-12(9)14)7-10-2-4-13(15,16)5-3-10/h6,8,10H,2-5,7H2,1H3. The van der Waals surface area contributed by atoms with Crippen LogP contribution in [0.5, 0.6) is 0 Å². The summed E-state index contributed by atoms with van der Waals surface area (Å²) in [5.74, 6) is -2.07. The Morgan fingerprint density at radius 2 is 2.06 bits per heavy atom. The fraction of sp³-hybridized carbons (Fsp3) is 0.615. The zero-order valence-corrected chi connectivity index (χ0v) is 11.4. The van der Waals surface area contributed by atoms with Gasteiger partial charge < -0.3 is 0 Å². The maximum Gasteiger partial charge on any atom is 0.248 e. The fourth-order valence-corrected chi connectivity index (χ4v) is 2.53. The molecule has 94 valence electrons. The molecule has 0 unspecified atom stereocenters. The van der Waals surface area contributed by atoms with Gasteiger partial charge in [0.25, 0.3) is 0 Å². The number of hydrogen-bond acceptors (Lipinski definition) is 1. The Morgan fingerprint density at radius 3 is 2.65 bits per heavy atom. The van der Waals surface area contributed by atoms with E-state index >= 15 is 0 Å². The van der Waals surface area contributed by atoms with Crippen molar-refractivity contribution < 1.29 is 8.78 Å². The first-order chi connectivity index (χ1) is 7.96. The monoisotopic (exact) mass is 303 g/mol. The van der Waals surface area contributed by atoms with Gasteiger partial charge in [-0.05, 0) is 59.7 Å². The van der Waals surface area contributed by atoms with Crippen LogP contribution in [0.2, 0.25) is 0 Å². The smallest absolute Gasteiger partial charge is 0.248 e. The summed E-state index contributed by atoms with van der Waals surface area (Å²) in [6, 6.07) is 2.04. The minimum Gasteiger partial charge on any atom is -0.260 e. The molecule has 0 atom stereocenters. The van der Waals surface area contributed by atoms with Crippen molar-refractivity contribution in [2.24, 2.45) is 5.92 Å². The first-order valence-electron chi connectivity index (χ1n) is 5.95. The molecule has 1 aromatic heterocycles. The quantitative estimate of drug-likeness (QED) is 0.783. The lowest BCUT2D eigenvalue weighted by atomic mass is 9.84. The van der Waals surface area contributed by atoms with Gasteiger partial charge in [-0.2, -0.15) is 0 Å². The average Bonchev–Trinajstić information content (AvgIpc) is 2.27. The summed E-state index contributed by atoms with van der Waals surface area (Å²) in [5, 5.41) is 0. The van der Waals surface area contributed by atoms with E-state index in [2.05, 4.69) is 20.9 Å². The van der Waals surface area contributed by atoms with E-state index in [1.807, 2.05) is 13.0 Å². The van der Waals surface area contributed by atoms with E-state index in [1.54, 1.807) is 6.20 Å². The van der Waals surface area contributed by atoms with Crippen molar-refractivity contribution in [3.05, 3.63) is 28.0 Å². The van der Waals surface area contributed by atoms with Crippen LogP contribution >= 0.6 is 15.9 Å². The molecule has 0 saturated heterocycles. The number of pyridine rings is 1. The largest absolute Gasteiger partial charge is 0.260 e. The third kappa shape index (κ3) is 3.47. The van der Waals surface area contributed by atoms with Crippen molar-refractivity contribution in [1.29, 1.82) is 0 Å². The Morgan fingerprint density at radius 1 is 1.41 bits per heavy atom. The Hall–Kier alpha value is -0.510. The highest BCUT2D eigenvalue weighted by molar-refractivity contribution is 9.10. The topological polar surface area (TPSA) is 12.9 Å². The van der Waals surface area contributed by atoms with Gasteiger partial charge in [-0.3, -0.25) is 4.98 Å². The highest BCUT2D eigenvalue weighted by atomic mass is 79.9. The maximum atomic E-state index is 13.0. The normalized spacial score (nSPS) is 20.5. The molecule has 1 saturated carbocycles. The van der Waals surface area contributed by atoms with Gasteiger partial charge in [0.1, 0.15) is 0 Å². The van der Waals surface area contributed by atoms with Crippen molar-refractivity contribution in [2.75, 3.05) is 0 Å². The van der Waals surface area contributed by atoms with Gasteiger partial charge >= 0.3 is 0 Å². The van der Waals surface area contributed by atoms with Crippen LogP contribution in [-0.2, 0) is 6.42 Å². The summed E-state index contributed by atoms with van der Waals surface area (Å²) in [4.78, 5) is 4.34. The minimum absolute atomic E-state index is 0.0349. The Labute approximate surface area is 109 Å². The molecule has 1 aliphatic rings. The molecule has 0 radical (unpaired) electrons. The van der Waals surface area contributed by atoms with Gasteiger partial charge in [0.15, 0.2) is 0 Å². The third-order valence-electron chi connectivity index (χ3n) is 3.44. The van der Waals surface area contributed by atoms with Crippen LogP contribution in [0.3, 0.4) is 0 Å². The fourth-order valence-electron chi connectivity index (χ4n) is 2.31. The van der Waals surface area contributed by atoms with E-state index < -0.39 is 5.92 Å². The molecule has 4 heteroatoms. The highest BCUT2D eigenvalue weighted by Gasteiger charge is 2.34. The average molecular weight is 304 g/mol. The van der Waals surface area contributed by atoms with Crippen molar-refractivity contribution in [3.8, 4) is 0 Å². The molecule has 1 aliphatic carbocycles. The molecule has 0 N–H and O–H groups in total. The van der Waals surface area contributed by atoms with Crippen LogP contribution in [-0.4, -0.2) is 10.9 Å². The third-order valence-corrected chi connectivity index (χ3v) is 4.27. The van der Waals surface area contributed by atoms with E-state index in [0.29, 0.717) is 18.8 Å². The molecule has 2 rings (SSSR count). The van der Waals surface area contributed by atoms with Gasteiger partial charge in [-0.25, -0.2) is 8.78 Å². The predicted octanol–water partition coefficient (Wildman–Crippen LogP) is 4.52. The first kappa shape index (κ1) is 12.9. The van der Waals surface area contributed by atoms with Gasteiger partial charge in [0, 0.05) is 29.2 Å². The second-order valence-corrected chi connectivity index (χ2v) is 5.78. The Balaban J connectivity index is 1.95. The van der Waals surface area contributed by atoms with E-state index in [0.717, 1.165) is 22.2 Å². The molecule has 0 bridgehead atoms. The number of rotatable bonds is 2. The molecule has 1 nitrogen and oxygen atoms in total. The van der Waals surface area contributed by atoms with Crippen molar-refractivity contribution in [3.63, 3.8) is 0 Å². The molecule has 1 aromatic rings. The first-order valence-corrected chi connectivity index (χ1v) is 6.74. The molecule has 1 heterocycles. The number of aromatic nitrogens is 1. The van der Waals surface area contributed by atoms with Crippen LogP contribution in [0, 0.1) is 12.8 Å². The summed E-state index contributed by atoms with van der Waals surface area (Å²) in [5.41, 5.74) is 2.16. The van der Waals surface area contributed by atoms with Crippen molar-refractivity contribution in [2.45, 2.75) is 45.0 Å². The molecule has 17 heavy (non-hydrogen) atoms. The SMILES string of the molecule is Cc1cc(CC2CCC(F)(F)CC2)ncc1Br. The van der Waals surface area contributed by atoms with E-state index in [9.17, 15) is 8.78 Å². The number of hydrogen-bond donors (Lipinski definition) is 0. The Kier molecular flexibility index (Phi) is 3.81. The number of alkyl halides is 2. The van der Waals surface area contributed by atoms with Crippen LogP contribution in [0.1, 0.15) is 36.9 Å². The minimum atomic E-state index is -2.43. The van der Waals surface area contributed by atoms with E-state index in [4.69, 9.17) is 0 Å². The molecular weight excluding hydrogens is 288 g/mol. The van der Waals surface area contributed by atoms with Gasteiger partial charge in [-0.1, -0.05) is 0 Å². The number of aryl methyl sites for hydroxylation is 1. The number of nitrogens with zero attached hydrogens (tertiary/aromatic N) is 1. The van der Waals surface area contributed by atoms with E-state index in [-0.39, 0.29) is 12.8 Å². The van der Waals surface area contributed by atoms with Gasteiger partial charge in [0.2, 0.25) is 5.92 Å². The van der Waals surface area contributed by atoms with Crippen LogP contribution in [0.25, 0.3) is 0 Å². The van der Waals surface area contributed by atoms with Crippen LogP contribution in [0.4, 0.5) is 8.78 Å². The zero-order valence-electron chi connectivity index (χ0n) is 9.85. The lowest BCUT2D eigenvalue weighted by Gasteiger charge is -2.28.